The van der Waals surface area contributed by atoms with Crippen molar-refractivity contribution in [1.29, 1.82) is 0 Å². The summed E-state index contributed by atoms with van der Waals surface area (Å²) in [4.78, 5) is 12.4. The lowest BCUT2D eigenvalue weighted by Crippen LogP contribution is -2.41. The van der Waals surface area contributed by atoms with Crippen LogP contribution in [-0.2, 0) is 6.42 Å². The summed E-state index contributed by atoms with van der Waals surface area (Å²) in [5, 5.41) is 17.0. The Hall–Kier alpha value is -2.79. The molecule has 1 aromatic heterocycles. The topological polar surface area (TPSA) is 74.5 Å². The molecule has 1 aliphatic rings. The van der Waals surface area contributed by atoms with Crippen LogP contribution in [0.4, 0.5) is 4.79 Å². The Bertz CT molecular complexity index is 885. The number of furan rings is 1. The molecule has 0 saturated heterocycles. The number of carbonyl (C=O) groups excluding carboxylic acids is 1. The van der Waals surface area contributed by atoms with E-state index in [0.29, 0.717) is 12.2 Å². The van der Waals surface area contributed by atoms with Gasteiger partial charge in [-0.3, -0.25) is 0 Å². The van der Waals surface area contributed by atoms with Crippen molar-refractivity contribution in [2.45, 2.75) is 31.5 Å². The number of nitrogens with one attached hydrogen (secondary N) is 2. The minimum Gasteiger partial charge on any atom is -0.459 e. The zero-order valence-electron chi connectivity index (χ0n) is 13.9. The molecule has 5 heteroatoms. The third-order valence-corrected chi connectivity index (χ3v) is 4.71. The van der Waals surface area contributed by atoms with Crippen LogP contribution in [0, 0.1) is 0 Å². The normalized spacial score (nSPS) is 20.2. The van der Waals surface area contributed by atoms with Gasteiger partial charge in [0.15, 0.2) is 0 Å². The summed E-state index contributed by atoms with van der Waals surface area (Å²) in [7, 11) is 0. The van der Waals surface area contributed by atoms with Gasteiger partial charge in [-0.2, -0.15) is 0 Å². The van der Waals surface area contributed by atoms with Crippen molar-refractivity contribution in [3.8, 4) is 0 Å². The summed E-state index contributed by atoms with van der Waals surface area (Å²) in [5.74, 6) is 0.698. The molecular formula is C20H20N2O3. The second-order valence-corrected chi connectivity index (χ2v) is 6.47. The van der Waals surface area contributed by atoms with E-state index < -0.39 is 6.10 Å². The Morgan fingerprint density at radius 1 is 1.20 bits per heavy atom. The maximum atomic E-state index is 12.4. The lowest BCUT2D eigenvalue weighted by atomic mass is 10.1. The maximum Gasteiger partial charge on any atom is 0.315 e. The van der Waals surface area contributed by atoms with Crippen LogP contribution in [0.15, 0.2) is 59.0 Å². The molecule has 4 rings (SSSR count). The van der Waals surface area contributed by atoms with Gasteiger partial charge in [0.25, 0.3) is 0 Å². The summed E-state index contributed by atoms with van der Waals surface area (Å²) in [6.45, 7) is 1.87. The molecule has 128 valence electrons. The van der Waals surface area contributed by atoms with Gasteiger partial charge in [0.2, 0.25) is 0 Å². The van der Waals surface area contributed by atoms with Crippen molar-refractivity contribution in [3.05, 3.63) is 71.5 Å². The molecule has 0 fully saturated rings. The maximum absolute atomic E-state index is 12.4. The van der Waals surface area contributed by atoms with Gasteiger partial charge < -0.3 is 20.2 Å². The number of fused-ring (bicyclic) bond motifs is 2. The van der Waals surface area contributed by atoms with E-state index >= 15 is 0 Å². The molecule has 5 nitrogen and oxygen atoms in total. The predicted octanol–water partition coefficient (Wildman–Crippen LogP) is 3.45. The molecule has 1 aliphatic carbocycles. The number of rotatable bonds is 3. The van der Waals surface area contributed by atoms with E-state index in [1.54, 1.807) is 0 Å². The summed E-state index contributed by atoms with van der Waals surface area (Å²) in [6.07, 6.45) is -0.0510. The van der Waals surface area contributed by atoms with Gasteiger partial charge in [0, 0.05) is 11.8 Å². The van der Waals surface area contributed by atoms with E-state index in [9.17, 15) is 9.90 Å². The Balaban J connectivity index is 1.45. The van der Waals surface area contributed by atoms with Gasteiger partial charge in [-0.05, 0) is 30.2 Å². The number of amides is 2. The van der Waals surface area contributed by atoms with Crippen LogP contribution in [0.3, 0.4) is 0 Å². The van der Waals surface area contributed by atoms with E-state index in [0.717, 1.165) is 22.1 Å². The van der Waals surface area contributed by atoms with Gasteiger partial charge in [0.05, 0.1) is 18.2 Å². The minimum absolute atomic E-state index is 0.277. The Labute approximate surface area is 145 Å². The van der Waals surface area contributed by atoms with Crippen LogP contribution in [-0.4, -0.2) is 17.2 Å². The predicted molar refractivity (Wildman–Crippen MR) is 95.2 cm³/mol. The quantitative estimate of drug-likeness (QED) is 0.686. The molecule has 1 heterocycles. The molecule has 0 saturated carbocycles. The molecule has 0 radical (unpaired) electrons. The monoisotopic (exact) mass is 336 g/mol. The van der Waals surface area contributed by atoms with Crippen LogP contribution in [0.25, 0.3) is 11.0 Å². The number of aliphatic hydroxyl groups is 1. The first-order valence-electron chi connectivity index (χ1n) is 8.43. The van der Waals surface area contributed by atoms with Gasteiger partial charge >= 0.3 is 6.03 Å². The van der Waals surface area contributed by atoms with Crippen LogP contribution >= 0.6 is 0 Å². The number of hydrogen-bond acceptors (Lipinski definition) is 3. The van der Waals surface area contributed by atoms with Crippen LogP contribution < -0.4 is 10.6 Å². The van der Waals surface area contributed by atoms with E-state index in [1.807, 2.05) is 61.5 Å². The standard InChI is InChI=1S/C20H20N2O3/c1-12(18-11-14-7-3-5-9-17(14)25-18)21-20(24)22-19-15-8-4-2-6-13(15)10-16(19)23/h2-9,11-12,16,19,23H,10H2,1H3,(H2,21,22,24). The largest absolute Gasteiger partial charge is 0.459 e. The number of aliphatic hydroxyl groups excluding tert-OH is 1. The number of carbonyl (C=O) groups is 1. The van der Waals surface area contributed by atoms with Crippen molar-refractivity contribution in [1.82, 2.24) is 10.6 Å². The van der Waals surface area contributed by atoms with Crippen LogP contribution in [0.2, 0.25) is 0 Å². The highest BCUT2D eigenvalue weighted by Crippen LogP contribution is 2.31. The van der Waals surface area contributed by atoms with Crippen LogP contribution in [0.5, 0.6) is 0 Å². The van der Waals surface area contributed by atoms with Crippen molar-refractivity contribution in [3.63, 3.8) is 0 Å². The van der Waals surface area contributed by atoms with Crippen LogP contribution in [0.1, 0.15) is 35.9 Å². The number of benzene rings is 2. The van der Waals surface area contributed by atoms with Gasteiger partial charge in [-0.15, -0.1) is 0 Å². The van der Waals surface area contributed by atoms with Crippen molar-refractivity contribution < 1.29 is 14.3 Å². The highest BCUT2D eigenvalue weighted by molar-refractivity contribution is 5.79. The molecule has 3 atom stereocenters. The SMILES string of the molecule is CC(NC(=O)NC1c2ccccc2CC1O)c1cc2ccccc2o1. The average Bonchev–Trinajstić information content (AvgIpc) is 3.16. The highest BCUT2D eigenvalue weighted by atomic mass is 16.3. The molecule has 25 heavy (non-hydrogen) atoms. The second kappa shape index (κ2) is 6.26. The zero-order chi connectivity index (χ0) is 17.4. The van der Waals surface area contributed by atoms with Crippen molar-refractivity contribution >= 4 is 17.0 Å². The third kappa shape index (κ3) is 2.98. The Morgan fingerprint density at radius 3 is 2.80 bits per heavy atom. The molecule has 0 bridgehead atoms. The molecule has 2 amide bonds. The van der Waals surface area contributed by atoms with Crippen molar-refractivity contribution in [2.75, 3.05) is 0 Å². The molecule has 0 spiro atoms. The number of para-hydroxylation sites is 1. The number of hydrogen-bond donors (Lipinski definition) is 3. The average molecular weight is 336 g/mol. The zero-order valence-corrected chi connectivity index (χ0v) is 13.9. The van der Waals surface area contributed by atoms with Gasteiger partial charge in [-0.25, -0.2) is 4.79 Å². The van der Waals surface area contributed by atoms with E-state index in [4.69, 9.17) is 4.42 Å². The fourth-order valence-electron chi connectivity index (χ4n) is 3.41. The first-order chi connectivity index (χ1) is 12.1. The smallest absolute Gasteiger partial charge is 0.315 e. The summed E-state index contributed by atoms with van der Waals surface area (Å²) in [6, 6.07) is 16.5. The summed E-state index contributed by atoms with van der Waals surface area (Å²) >= 11 is 0. The van der Waals surface area contributed by atoms with Crippen molar-refractivity contribution in [2.24, 2.45) is 0 Å². The molecule has 3 aromatic rings. The summed E-state index contributed by atoms with van der Waals surface area (Å²) in [5.41, 5.74) is 2.85. The third-order valence-electron chi connectivity index (χ3n) is 4.71. The van der Waals surface area contributed by atoms with E-state index in [1.165, 1.54) is 0 Å². The molecule has 2 aromatic carbocycles. The molecular weight excluding hydrogens is 316 g/mol. The fourth-order valence-corrected chi connectivity index (χ4v) is 3.41. The lowest BCUT2D eigenvalue weighted by molar-refractivity contribution is 0.142. The highest BCUT2D eigenvalue weighted by Gasteiger charge is 2.32. The lowest BCUT2D eigenvalue weighted by Gasteiger charge is -2.20. The van der Waals surface area contributed by atoms with E-state index in [2.05, 4.69) is 10.6 Å². The summed E-state index contributed by atoms with van der Waals surface area (Å²) < 4.78 is 5.79. The molecule has 3 N–H and O–H groups in total. The fraction of sp³-hybridized carbons (Fsp3) is 0.250. The minimum atomic E-state index is -0.607. The van der Waals surface area contributed by atoms with Gasteiger partial charge in [-0.1, -0.05) is 42.5 Å². The Kier molecular flexibility index (Phi) is 3.93. The first-order valence-corrected chi connectivity index (χ1v) is 8.43. The Morgan fingerprint density at radius 2 is 1.96 bits per heavy atom. The number of urea groups is 1. The second-order valence-electron chi connectivity index (χ2n) is 6.47. The first kappa shape index (κ1) is 15.7. The molecule has 3 unspecified atom stereocenters. The van der Waals surface area contributed by atoms with E-state index in [-0.39, 0.29) is 18.1 Å². The van der Waals surface area contributed by atoms with Gasteiger partial charge in [0.1, 0.15) is 11.3 Å². The molecule has 0 aliphatic heterocycles.